The molecule has 2 amide bonds. The van der Waals surface area contributed by atoms with Crippen LogP contribution in [0, 0.1) is 0 Å². The zero-order valence-electron chi connectivity index (χ0n) is 15.3. The van der Waals surface area contributed by atoms with Gasteiger partial charge in [-0.2, -0.15) is 0 Å². The lowest BCUT2D eigenvalue weighted by Gasteiger charge is -2.16. The van der Waals surface area contributed by atoms with E-state index in [2.05, 4.69) is 10.3 Å². The molecule has 0 atom stereocenters. The molecule has 150 valence electrons. The number of anilines is 1. The van der Waals surface area contributed by atoms with Crippen LogP contribution in [-0.2, 0) is 16.0 Å². The molecule has 1 N–H and O–H groups in total. The van der Waals surface area contributed by atoms with Gasteiger partial charge in [-0.1, -0.05) is 53.0 Å². The van der Waals surface area contributed by atoms with Crippen molar-refractivity contribution in [1.29, 1.82) is 0 Å². The van der Waals surface area contributed by atoms with E-state index in [-0.39, 0.29) is 24.8 Å². The maximum absolute atomic E-state index is 12.5. The number of hydrogen-bond acceptors (Lipinski definition) is 4. The van der Waals surface area contributed by atoms with Gasteiger partial charge in [0.25, 0.3) is 0 Å². The fourth-order valence-corrected chi connectivity index (χ4v) is 3.95. The maximum atomic E-state index is 12.5. The Hall–Kier alpha value is -2.12. The number of likely N-dealkylation sites (N-methyl/N-ethyl adjacent to an activating group) is 1. The van der Waals surface area contributed by atoms with Crippen molar-refractivity contribution in [3.8, 4) is 10.6 Å². The molecule has 29 heavy (non-hydrogen) atoms. The summed E-state index contributed by atoms with van der Waals surface area (Å²) in [5.41, 5.74) is 1.97. The van der Waals surface area contributed by atoms with Crippen LogP contribution in [0.1, 0.15) is 5.69 Å². The van der Waals surface area contributed by atoms with Crippen molar-refractivity contribution in [3.05, 3.63) is 68.6 Å². The number of nitrogens with one attached hydrogen (secondary N) is 1. The topological polar surface area (TPSA) is 62.3 Å². The first-order chi connectivity index (χ1) is 13.8. The fraction of sp³-hybridized carbons (Fsp3) is 0.150. The largest absolute Gasteiger partial charge is 0.336 e. The predicted molar refractivity (Wildman–Crippen MR) is 119 cm³/mol. The van der Waals surface area contributed by atoms with Crippen molar-refractivity contribution in [1.82, 2.24) is 9.88 Å². The third-order valence-electron chi connectivity index (χ3n) is 4.00. The van der Waals surface area contributed by atoms with E-state index < -0.39 is 0 Å². The summed E-state index contributed by atoms with van der Waals surface area (Å²) in [6.45, 7) is -0.0966. The van der Waals surface area contributed by atoms with E-state index in [4.69, 9.17) is 34.8 Å². The highest BCUT2D eigenvalue weighted by Crippen LogP contribution is 2.30. The zero-order chi connectivity index (χ0) is 21.0. The average molecular weight is 469 g/mol. The van der Waals surface area contributed by atoms with Crippen LogP contribution in [0.4, 0.5) is 5.69 Å². The quantitative estimate of drug-likeness (QED) is 0.526. The average Bonchev–Trinajstić information content (AvgIpc) is 3.13. The molecule has 0 unspecified atom stereocenters. The summed E-state index contributed by atoms with van der Waals surface area (Å²) in [6, 6.07) is 12.2. The van der Waals surface area contributed by atoms with E-state index in [1.165, 1.54) is 16.2 Å². The van der Waals surface area contributed by atoms with Crippen LogP contribution >= 0.6 is 46.1 Å². The number of aromatic nitrogens is 1. The molecule has 0 radical (unpaired) electrons. The number of rotatable bonds is 6. The smallest absolute Gasteiger partial charge is 0.243 e. The van der Waals surface area contributed by atoms with Crippen LogP contribution in [0.2, 0.25) is 15.1 Å². The number of thiazole rings is 1. The van der Waals surface area contributed by atoms with E-state index >= 15 is 0 Å². The highest BCUT2D eigenvalue weighted by molar-refractivity contribution is 7.13. The number of halogens is 3. The minimum Gasteiger partial charge on any atom is -0.336 e. The number of benzene rings is 2. The lowest BCUT2D eigenvalue weighted by atomic mass is 10.2. The fourth-order valence-electron chi connectivity index (χ4n) is 2.51. The van der Waals surface area contributed by atoms with Crippen molar-refractivity contribution >= 4 is 63.6 Å². The third kappa shape index (κ3) is 5.70. The minimum atomic E-state index is -0.339. The summed E-state index contributed by atoms with van der Waals surface area (Å²) in [4.78, 5) is 30.5. The lowest BCUT2D eigenvalue weighted by molar-refractivity contribution is -0.132. The molecule has 0 aliphatic rings. The summed E-state index contributed by atoms with van der Waals surface area (Å²) >= 11 is 19.4. The standard InChI is InChI=1S/C20H16Cl3N3O2S/c1-26(10-18(27)24-12-6-7-16(22)17(23)8-12)19(28)9-13-11-29-20(25-13)14-4-2-3-5-15(14)21/h2-8,11H,9-10H2,1H3,(H,24,27). The van der Waals surface area contributed by atoms with E-state index in [0.717, 1.165) is 10.6 Å². The van der Waals surface area contributed by atoms with Crippen molar-refractivity contribution in [2.24, 2.45) is 0 Å². The molecule has 1 aromatic heterocycles. The summed E-state index contributed by atoms with van der Waals surface area (Å²) in [6.07, 6.45) is 0.0947. The molecule has 3 rings (SSSR count). The van der Waals surface area contributed by atoms with Crippen molar-refractivity contribution < 1.29 is 9.59 Å². The molecule has 3 aromatic rings. The van der Waals surface area contributed by atoms with Crippen LogP contribution in [0.3, 0.4) is 0 Å². The summed E-state index contributed by atoms with van der Waals surface area (Å²) in [7, 11) is 1.57. The molecule has 5 nitrogen and oxygen atoms in total. The van der Waals surface area contributed by atoms with E-state index in [0.29, 0.717) is 26.4 Å². The van der Waals surface area contributed by atoms with Gasteiger partial charge in [-0.05, 0) is 24.3 Å². The Balaban J connectivity index is 1.57. The van der Waals surface area contributed by atoms with Crippen molar-refractivity contribution in [2.75, 3.05) is 18.9 Å². The molecule has 0 aliphatic carbocycles. The lowest BCUT2D eigenvalue weighted by Crippen LogP contribution is -2.35. The van der Waals surface area contributed by atoms with Gasteiger partial charge in [0.15, 0.2) is 0 Å². The molecule has 0 saturated heterocycles. The monoisotopic (exact) mass is 467 g/mol. The highest BCUT2D eigenvalue weighted by Gasteiger charge is 2.16. The number of carbonyl (C=O) groups excluding carboxylic acids is 2. The first kappa shape index (κ1) is 21.6. The van der Waals surface area contributed by atoms with Crippen LogP contribution in [0.25, 0.3) is 10.6 Å². The first-order valence-electron chi connectivity index (χ1n) is 8.51. The Bertz CT molecular complexity index is 1050. The second-order valence-electron chi connectivity index (χ2n) is 6.23. The van der Waals surface area contributed by atoms with Gasteiger partial charge in [-0.25, -0.2) is 4.98 Å². The van der Waals surface area contributed by atoms with Gasteiger partial charge >= 0.3 is 0 Å². The van der Waals surface area contributed by atoms with Crippen molar-refractivity contribution in [3.63, 3.8) is 0 Å². The summed E-state index contributed by atoms with van der Waals surface area (Å²) in [5.74, 6) is -0.556. The van der Waals surface area contributed by atoms with Gasteiger partial charge in [0.1, 0.15) is 5.01 Å². The van der Waals surface area contributed by atoms with Gasteiger partial charge in [0, 0.05) is 23.7 Å². The van der Waals surface area contributed by atoms with Gasteiger partial charge in [-0.3, -0.25) is 9.59 Å². The zero-order valence-corrected chi connectivity index (χ0v) is 18.4. The first-order valence-corrected chi connectivity index (χ1v) is 10.5. The summed E-state index contributed by atoms with van der Waals surface area (Å²) in [5, 5.41) is 6.60. The molecule has 0 bridgehead atoms. The second-order valence-corrected chi connectivity index (χ2v) is 8.31. The van der Waals surface area contributed by atoms with Crippen LogP contribution < -0.4 is 5.32 Å². The predicted octanol–water partition coefficient (Wildman–Crippen LogP) is 5.41. The molecule has 2 aromatic carbocycles. The van der Waals surface area contributed by atoms with E-state index in [9.17, 15) is 9.59 Å². The molecule has 0 aliphatic heterocycles. The Morgan fingerprint density at radius 3 is 2.55 bits per heavy atom. The Kier molecular flexibility index (Phi) is 7.14. The minimum absolute atomic E-state index is 0.0947. The van der Waals surface area contributed by atoms with Crippen LogP contribution in [-0.4, -0.2) is 35.3 Å². The third-order valence-corrected chi connectivity index (χ3v) is 5.99. The SMILES string of the molecule is CN(CC(=O)Nc1ccc(Cl)c(Cl)c1)C(=O)Cc1csc(-c2ccccc2Cl)n1. The molecular weight excluding hydrogens is 453 g/mol. The molecule has 0 saturated carbocycles. The van der Waals surface area contributed by atoms with Gasteiger partial charge in [0.2, 0.25) is 11.8 Å². The van der Waals surface area contributed by atoms with E-state index in [1.54, 1.807) is 31.3 Å². The Labute approximate surface area is 187 Å². The van der Waals surface area contributed by atoms with E-state index in [1.807, 2.05) is 23.6 Å². The normalized spacial score (nSPS) is 10.6. The molecule has 9 heteroatoms. The number of hydrogen-bond donors (Lipinski definition) is 1. The van der Waals surface area contributed by atoms with Gasteiger partial charge in [0.05, 0.1) is 33.7 Å². The molecule has 0 spiro atoms. The number of nitrogens with zero attached hydrogens (tertiary/aromatic N) is 2. The molecule has 0 fully saturated rings. The number of amides is 2. The molecule has 1 heterocycles. The van der Waals surface area contributed by atoms with Crippen LogP contribution in [0.5, 0.6) is 0 Å². The highest BCUT2D eigenvalue weighted by atomic mass is 35.5. The molecular formula is C20H16Cl3N3O2S. The van der Waals surface area contributed by atoms with Crippen molar-refractivity contribution in [2.45, 2.75) is 6.42 Å². The van der Waals surface area contributed by atoms with Gasteiger partial charge < -0.3 is 10.2 Å². The number of carbonyl (C=O) groups is 2. The van der Waals surface area contributed by atoms with Crippen LogP contribution in [0.15, 0.2) is 47.8 Å². The maximum Gasteiger partial charge on any atom is 0.243 e. The Morgan fingerprint density at radius 1 is 1.07 bits per heavy atom. The summed E-state index contributed by atoms with van der Waals surface area (Å²) < 4.78 is 0. The van der Waals surface area contributed by atoms with Gasteiger partial charge in [-0.15, -0.1) is 11.3 Å². The second kappa shape index (κ2) is 9.59. The Morgan fingerprint density at radius 2 is 1.83 bits per heavy atom.